The zero-order valence-corrected chi connectivity index (χ0v) is 11.7. The lowest BCUT2D eigenvalue weighted by atomic mass is 10.0. The van der Waals surface area contributed by atoms with Crippen molar-refractivity contribution in [3.8, 4) is 0 Å². The van der Waals surface area contributed by atoms with Gasteiger partial charge in [0.15, 0.2) is 0 Å². The number of likely N-dealkylation sites (N-methyl/N-ethyl adjacent to an activating group) is 1. The van der Waals surface area contributed by atoms with Crippen molar-refractivity contribution in [3.63, 3.8) is 0 Å². The molecule has 0 bridgehead atoms. The van der Waals surface area contributed by atoms with Gasteiger partial charge < -0.3 is 4.90 Å². The maximum atomic E-state index is 11.8. The Labute approximate surface area is 110 Å². The van der Waals surface area contributed by atoms with Crippen LogP contribution in [0.1, 0.15) is 19.4 Å². The molecule has 96 valence electrons. The smallest absolute Gasteiger partial charge is 0.241 e. The number of rotatable bonds is 4. The predicted octanol–water partition coefficient (Wildman–Crippen LogP) is 2.06. The van der Waals surface area contributed by atoms with E-state index >= 15 is 0 Å². The molecule has 0 saturated carbocycles. The van der Waals surface area contributed by atoms with Crippen LogP contribution in [0.2, 0.25) is 0 Å². The summed E-state index contributed by atoms with van der Waals surface area (Å²) in [4.78, 5) is 13.5. The average molecular weight is 257 g/mol. The fourth-order valence-electron chi connectivity index (χ4n) is 1.55. The molecule has 1 amide bonds. The Bertz CT molecular complexity index is 350. The average Bonchev–Trinajstić information content (AvgIpc) is 2.27. The van der Waals surface area contributed by atoms with Crippen molar-refractivity contribution in [1.29, 1.82) is 0 Å². The van der Waals surface area contributed by atoms with E-state index in [9.17, 15) is 4.79 Å². The summed E-state index contributed by atoms with van der Waals surface area (Å²) in [5.74, 6) is 0.0865. The number of nitrogens with one attached hydrogen (secondary N) is 1. The van der Waals surface area contributed by atoms with Crippen LogP contribution in [0.15, 0.2) is 30.3 Å². The zero-order valence-electron chi connectivity index (χ0n) is 10.9. The first-order valence-corrected chi connectivity index (χ1v) is 5.44. The largest absolute Gasteiger partial charge is 0.347 e. The van der Waals surface area contributed by atoms with Crippen LogP contribution in [0.4, 0.5) is 0 Å². The molecule has 1 rings (SSSR count). The van der Waals surface area contributed by atoms with Crippen LogP contribution in [-0.2, 0) is 11.3 Å². The third-order valence-corrected chi connectivity index (χ3v) is 2.52. The standard InChI is InChI=1S/C13H20N2O.ClH/c1-13(2,12(16)15(3)4)14-10-11-8-6-5-7-9-11;/h5-9,14H,10H2,1-4H3;1H. The van der Waals surface area contributed by atoms with Gasteiger partial charge in [-0.15, -0.1) is 12.4 Å². The Balaban J connectivity index is 0.00000256. The first kappa shape index (κ1) is 15.9. The molecular formula is C13H21ClN2O. The molecule has 1 aromatic rings. The molecule has 4 heteroatoms. The number of amides is 1. The number of carbonyl (C=O) groups excluding carboxylic acids is 1. The number of nitrogens with zero attached hydrogens (tertiary/aromatic N) is 1. The second kappa shape index (κ2) is 6.62. The predicted molar refractivity (Wildman–Crippen MR) is 73.3 cm³/mol. The highest BCUT2D eigenvalue weighted by Crippen LogP contribution is 2.08. The Morgan fingerprint density at radius 1 is 1.24 bits per heavy atom. The van der Waals surface area contributed by atoms with Crippen LogP contribution < -0.4 is 5.32 Å². The fourth-order valence-corrected chi connectivity index (χ4v) is 1.55. The maximum Gasteiger partial charge on any atom is 0.241 e. The molecule has 0 fully saturated rings. The van der Waals surface area contributed by atoms with Crippen molar-refractivity contribution >= 4 is 18.3 Å². The second-order valence-corrected chi connectivity index (χ2v) is 4.66. The summed E-state index contributed by atoms with van der Waals surface area (Å²) >= 11 is 0. The quantitative estimate of drug-likeness (QED) is 0.895. The lowest BCUT2D eigenvalue weighted by molar-refractivity contribution is -0.134. The van der Waals surface area contributed by atoms with E-state index in [0.717, 1.165) is 0 Å². The van der Waals surface area contributed by atoms with E-state index < -0.39 is 5.54 Å². The van der Waals surface area contributed by atoms with Gasteiger partial charge in [0.2, 0.25) is 5.91 Å². The first-order valence-electron chi connectivity index (χ1n) is 5.44. The van der Waals surface area contributed by atoms with Crippen molar-refractivity contribution in [3.05, 3.63) is 35.9 Å². The van der Waals surface area contributed by atoms with Gasteiger partial charge in [0, 0.05) is 20.6 Å². The summed E-state index contributed by atoms with van der Waals surface area (Å²) < 4.78 is 0. The van der Waals surface area contributed by atoms with E-state index in [0.29, 0.717) is 6.54 Å². The Morgan fingerprint density at radius 3 is 2.24 bits per heavy atom. The fraction of sp³-hybridized carbons (Fsp3) is 0.462. The van der Waals surface area contributed by atoms with Gasteiger partial charge >= 0.3 is 0 Å². The molecule has 0 radical (unpaired) electrons. The second-order valence-electron chi connectivity index (χ2n) is 4.66. The van der Waals surface area contributed by atoms with Crippen molar-refractivity contribution < 1.29 is 4.79 Å². The van der Waals surface area contributed by atoms with Gasteiger partial charge in [-0.05, 0) is 19.4 Å². The number of halogens is 1. The molecule has 1 aromatic carbocycles. The summed E-state index contributed by atoms with van der Waals surface area (Å²) in [6, 6.07) is 10.1. The van der Waals surface area contributed by atoms with E-state index in [2.05, 4.69) is 5.32 Å². The number of benzene rings is 1. The minimum atomic E-state index is -0.528. The molecule has 0 aliphatic carbocycles. The lowest BCUT2D eigenvalue weighted by Gasteiger charge is -2.28. The Kier molecular flexibility index (Phi) is 6.21. The molecule has 0 aliphatic rings. The first-order chi connectivity index (χ1) is 7.43. The highest BCUT2D eigenvalue weighted by atomic mass is 35.5. The number of hydrogen-bond donors (Lipinski definition) is 1. The lowest BCUT2D eigenvalue weighted by Crippen LogP contribution is -2.51. The normalized spacial score (nSPS) is 10.6. The Morgan fingerprint density at radius 2 is 1.76 bits per heavy atom. The van der Waals surface area contributed by atoms with E-state index in [1.54, 1.807) is 19.0 Å². The van der Waals surface area contributed by atoms with Gasteiger partial charge in [0.25, 0.3) is 0 Å². The van der Waals surface area contributed by atoms with E-state index in [-0.39, 0.29) is 18.3 Å². The summed E-state index contributed by atoms with van der Waals surface area (Å²) in [7, 11) is 3.54. The summed E-state index contributed by atoms with van der Waals surface area (Å²) in [5, 5.41) is 3.27. The molecule has 17 heavy (non-hydrogen) atoms. The SMILES string of the molecule is CN(C)C(=O)C(C)(C)NCc1ccccc1.Cl. The summed E-state index contributed by atoms with van der Waals surface area (Å²) in [6.07, 6.45) is 0. The molecule has 0 atom stereocenters. The topological polar surface area (TPSA) is 32.3 Å². The third-order valence-electron chi connectivity index (χ3n) is 2.52. The monoisotopic (exact) mass is 256 g/mol. The maximum absolute atomic E-state index is 11.8. The van der Waals surface area contributed by atoms with E-state index in [4.69, 9.17) is 0 Å². The molecule has 0 aliphatic heterocycles. The zero-order chi connectivity index (χ0) is 12.2. The van der Waals surface area contributed by atoms with Gasteiger partial charge in [0.1, 0.15) is 0 Å². The van der Waals surface area contributed by atoms with Crippen LogP contribution in [0.5, 0.6) is 0 Å². The van der Waals surface area contributed by atoms with Gasteiger partial charge in [0.05, 0.1) is 5.54 Å². The number of hydrogen-bond acceptors (Lipinski definition) is 2. The van der Waals surface area contributed by atoms with Crippen LogP contribution in [-0.4, -0.2) is 30.4 Å². The minimum Gasteiger partial charge on any atom is -0.347 e. The van der Waals surface area contributed by atoms with Gasteiger partial charge in [-0.1, -0.05) is 30.3 Å². The van der Waals surface area contributed by atoms with Crippen molar-refractivity contribution in [1.82, 2.24) is 10.2 Å². The number of carbonyl (C=O) groups is 1. The molecule has 1 N–H and O–H groups in total. The molecule has 0 unspecified atom stereocenters. The van der Waals surface area contributed by atoms with Crippen LogP contribution in [0.25, 0.3) is 0 Å². The van der Waals surface area contributed by atoms with Gasteiger partial charge in [-0.25, -0.2) is 0 Å². The highest BCUT2D eigenvalue weighted by Gasteiger charge is 2.27. The van der Waals surface area contributed by atoms with Crippen molar-refractivity contribution in [2.45, 2.75) is 25.9 Å². The summed E-state index contributed by atoms with van der Waals surface area (Å²) in [5.41, 5.74) is 0.654. The molecule has 3 nitrogen and oxygen atoms in total. The molecule has 0 spiro atoms. The summed E-state index contributed by atoms with van der Waals surface area (Å²) in [6.45, 7) is 4.50. The molecule has 0 heterocycles. The van der Waals surface area contributed by atoms with E-state index in [1.807, 2.05) is 44.2 Å². The van der Waals surface area contributed by atoms with Crippen LogP contribution >= 0.6 is 12.4 Å². The van der Waals surface area contributed by atoms with E-state index in [1.165, 1.54) is 5.56 Å². The third kappa shape index (κ3) is 4.75. The minimum absolute atomic E-state index is 0. The highest BCUT2D eigenvalue weighted by molar-refractivity contribution is 5.85. The van der Waals surface area contributed by atoms with Crippen molar-refractivity contribution in [2.75, 3.05) is 14.1 Å². The van der Waals surface area contributed by atoms with Crippen LogP contribution in [0, 0.1) is 0 Å². The molecular weight excluding hydrogens is 236 g/mol. The van der Waals surface area contributed by atoms with Gasteiger partial charge in [-0.3, -0.25) is 10.1 Å². The molecule has 0 aromatic heterocycles. The van der Waals surface area contributed by atoms with Crippen molar-refractivity contribution in [2.24, 2.45) is 0 Å². The Hall–Kier alpha value is -1.06. The van der Waals surface area contributed by atoms with Crippen LogP contribution in [0.3, 0.4) is 0 Å². The van der Waals surface area contributed by atoms with Gasteiger partial charge in [-0.2, -0.15) is 0 Å². The molecule has 0 saturated heterocycles.